The highest BCUT2D eigenvalue weighted by atomic mass is 16.6. The summed E-state index contributed by atoms with van der Waals surface area (Å²) in [6.07, 6.45) is 2.66. The van der Waals surface area contributed by atoms with Crippen molar-refractivity contribution in [2.24, 2.45) is 0 Å². The van der Waals surface area contributed by atoms with Gasteiger partial charge in [-0.25, -0.2) is 4.79 Å². The minimum atomic E-state index is -0.416. The summed E-state index contributed by atoms with van der Waals surface area (Å²) in [5.74, 6) is -0.416. The van der Waals surface area contributed by atoms with Crippen LogP contribution in [0.25, 0.3) is 0 Å². The number of carbonyl (C=O) groups is 1. The Hall–Kier alpha value is -2.18. The first-order valence-corrected chi connectivity index (χ1v) is 6.44. The second-order valence-corrected chi connectivity index (χ2v) is 4.27. The van der Waals surface area contributed by atoms with Crippen molar-refractivity contribution >= 4 is 11.7 Å². The van der Waals surface area contributed by atoms with Gasteiger partial charge in [0.1, 0.15) is 11.4 Å². The number of aromatic nitrogens is 2. The first-order valence-electron chi connectivity index (χ1n) is 6.44. The van der Waals surface area contributed by atoms with Crippen molar-refractivity contribution in [2.75, 3.05) is 7.11 Å². The van der Waals surface area contributed by atoms with Crippen molar-refractivity contribution in [3.63, 3.8) is 0 Å². The number of nitro groups is 1. The third-order valence-corrected chi connectivity index (χ3v) is 3.03. The van der Waals surface area contributed by atoms with Crippen molar-refractivity contribution in [1.29, 1.82) is 0 Å². The van der Waals surface area contributed by atoms with E-state index in [0.717, 1.165) is 0 Å². The zero-order valence-corrected chi connectivity index (χ0v) is 12.2. The van der Waals surface area contributed by atoms with E-state index in [2.05, 4.69) is 9.84 Å². The summed E-state index contributed by atoms with van der Waals surface area (Å²) >= 11 is 0. The Morgan fingerprint density at radius 3 is 2.55 bits per heavy atom. The third-order valence-electron chi connectivity index (χ3n) is 3.03. The molecule has 1 aromatic rings. The van der Waals surface area contributed by atoms with E-state index in [-0.39, 0.29) is 5.69 Å². The van der Waals surface area contributed by atoms with Crippen LogP contribution < -0.4 is 0 Å². The second kappa shape index (κ2) is 6.83. The predicted octanol–water partition coefficient (Wildman–Crippen LogP) is 2.04. The second-order valence-electron chi connectivity index (χ2n) is 4.27. The lowest BCUT2D eigenvalue weighted by Crippen LogP contribution is -2.07. The lowest BCUT2D eigenvalue weighted by molar-refractivity contribution is -0.386. The summed E-state index contributed by atoms with van der Waals surface area (Å²) in [6, 6.07) is 0. The zero-order valence-electron chi connectivity index (χ0n) is 12.2. The molecule has 7 nitrogen and oxygen atoms in total. The quantitative estimate of drug-likeness (QED) is 0.344. The van der Waals surface area contributed by atoms with E-state index in [0.29, 0.717) is 36.3 Å². The summed E-state index contributed by atoms with van der Waals surface area (Å²) in [6.45, 7) is 5.62. The maximum atomic E-state index is 11.3. The molecule has 0 radical (unpaired) electrons. The van der Waals surface area contributed by atoms with Gasteiger partial charge in [0.05, 0.1) is 18.6 Å². The fraction of sp³-hybridized carbons (Fsp3) is 0.538. The lowest BCUT2D eigenvalue weighted by Gasteiger charge is -2.03. The molecule has 0 fully saturated rings. The number of methoxy groups -OCH3 is 1. The van der Waals surface area contributed by atoms with Crippen molar-refractivity contribution in [2.45, 2.75) is 40.2 Å². The molecule has 0 spiro atoms. The van der Waals surface area contributed by atoms with Gasteiger partial charge < -0.3 is 4.74 Å². The van der Waals surface area contributed by atoms with Gasteiger partial charge in [-0.05, 0) is 19.8 Å². The Labute approximate surface area is 117 Å². The van der Waals surface area contributed by atoms with E-state index < -0.39 is 10.9 Å². The zero-order chi connectivity index (χ0) is 15.3. The van der Waals surface area contributed by atoms with Gasteiger partial charge in [-0.1, -0.05) is 19.9 Å². The molecule has 0 amide bonds. The highest BCUT2D eigenvalue weighted by Gasteiger charge is 2.24. The van der Waals surface area contributed by atoms with Gasteiger partial charge in [0, 0.05) is 5.57 Å². The number of allylic oxidation sites excluding steroid dienone is 1. The Kier molecular flexibility index (Phi) is 5.42. The highest BCUT2D eigenvalue weighted by molar-refractivity contribution is 5.87. The third kappa shape index (κ3) is 3.23. The molecule has 0 saturated heterocycles. The summed E-state index contributed by atoms with van der Waals surface area (Å²) < 4.78 is 6.17. The number of ether oxygens (including phenoxy) is 1. The highest BCUT2D eigenvalue weighted by Crippen LogP contribution is 2.24. The van der Waals surface area contributed by atoms with Crippen molar-refractivity contribution in [3.05, 3.63) is 33.2 Å². The van der Waals surface area contributed by atoms with Crippen LogP contribution in [0.1, 0.15) is 32.2 Å². The number of aryl methyl sites for hydroxylation is 1. The van der Waals surface area contributed by atoms with Gasteiger partial charge in [-0.15, -0.1) is 0 Å². The molecule has 0 bridgehead atoms. The Morgan fingerprint density at radius 1 is 1.45 bits per heavy atom. The monoisotopic (exact) mass is 281 g/mol. The molecule has 1 heterocycles. The SMILES string of the molecule is CCc1nn(C/C=C(/C)C(=O)OC)c(CC)c1[N+](=O)[O-]. The van der Waals surface area contributed by atoms with E-state index >= 15 is 0 Å². The van der Waals surface area contributed by atoms with Crippen LogP contribution in [-0.4, -0.2) is 27.8 Å². The van der Waals surface area contributed by atoms with Crippen LogP contribution in [0.15, 0.2) is 11.6 Å². The number of esters is 1. The number of nitrogens with zero attached hydrogens (tertiary/aromatic N) is 3. The summed E-state index contributed by atoms with van der Waals surface area (Å²) in [5, 5.41) is 15.4. The Morgan fingerprint density at radius 2 is 2.10 bits per heavy atom. The summed E-state index contributed by atoms with van der Waals surface area (Å²) in [4.78, 5) is 22.0. The largest absolute Gasteiger partial charge is 0.466 e. The fourth-order valence-electron chi connectivity index (χ4n) is 1.96. The standard InChI is InChI=1S/C13H19N3O4/c1-5-10-12(16(18)19)11(6-2)15(14-10)8-7-9(3)13(17)20-4/h7H,5-6,8H2,1-4H3/b9-7-. The average Bonchev–Trinajstić information content (AvgIpc) is 2.81. The van der Waals surface area contributed by atoms with Gasteiger partial charge >= 0.3 is 11.7 Å². The maximum Gasteiger partial charge on any atom is 0.333 e. The molecule has 1 rings (SSSR count). The molecule has 110 valence electrons. The molecule has 0 aliphatic heterocycles. The molecule has 0 aliphatic carbocycles. The molecule has 20 heavy (non-hydrogen) atoms. The minimum absolute atomic E-state index is 0.0825. The van der Waals surface area contributed by atoms with Crippen LogP contribution in [0.3, 0.4) is 0 Å². The molecular formula is C13H19N3O4. The lowest BCUT2D eigenvalue weighted by atomic mass is 10.2. The number of hydrogen-bond acceptors (Lipinski definition) is 5. The van der Waals surface area contributed by atoms with Gasteiger partial charge in [0.15, 0.2) is 0 Å². The smallest absolute Gasteiger partial charge is 0.333 e. The van der Waals surface area contributed by atoms with Gasteiger partial charge in [0.2, 0.25) is 0 Å². The van der Waals surface area contributed by atoms with E-state index in [1.807, 2.05) is 13.8 Å². The first kappa shape index (κ1) is 15.9. The minimum Gasteiger partial charge on any atom is -0.466 e. The van der Waals surface area contributed by atoms with Crippen LogP contribution in [0, 0.1) is 10.1 Å². The molecule has 0 atom stereocenters. The summed E-state index contributed by atoms with van der Waals surface area (Å²) in [7, 11) is 1.31. The normalized spacial score (nSPS) is 11.5. The molecule has 0 aromatic carbocycles. The van der Waals surface area contributed by atoms with Crippen LogP contribution in [0.4, 0.5) is 5.69 Å². The molecule has 0 N–H and O–H groups in total. The average molecular weight is 281 g/mol. The Bertz CT molecular complexity index is 546. The van der Waals surface area contributed by atoms with Crippen LogP contribution in [0.5, 0.6) is 0 Å². The molecule has 0 saturated carbocycles. The molecular weight excluding hydrogens is 262 g/mol. The number of hydrogen-bond donors (Lipinski definition) is 0. The van der Waals surface area contributed by atoms with Gasteiger partial charge in [-0.3, -0.25) is 14.8 Å². The topological polar surface area (TPSA) is 87.3 Å². The van der Waals surface area contributed by atoms with Crippen molar-refractivity contribution in [1.82, 2.24) is 9.78 Å². The van der Waals surface area contributed by atoms with Crippen molar-refractivity contribution in [3.8, 4) is 0 Å². The van der Waals surface area contributed by atoms with Gasteiger partial charge in [-0.2, -0.15) is 5.10 Å². The van der Waals surface area contributed by atoms with Crippen LogP contribution >= 0.6 is 0 Å². The van der Waals surface area contributed by atoms with Crippen LogP contribution in [-0.2, 0) is 28.9 Å². The Balaban J connectivity index is 3.13. The molecule has 0 unspecified atom stereocenters. The van der Waals surface area contributed by atoms with E-state index in [9.17, 15) is 14.9 Å². The van der Waals surface area contributed by atoms with E-state index in [1.165, 1.54) is 7.11 Å². The maximum absolute atomic E-state index is 11.3. The molecule has 7 heteroatoms. The van der Waals surface area contributed by atoms with E-state index in [1.54, 1.807) is 17.7 Å². The first-order chi connectivity index (χ1) is 9.46. The van der Waals surface area contributed by atoms with Gasteiger partial charge in [0.25, 0.3) is 0 Å². The summed E-state index contributed by atoms with van der Waals surface area (Å²) in [5.41, 5.74) is 1.57. The predicted molar refractivity (Wildman–Crippen MR) is 73.4 cm³/mol. The molecule has 0 aliphatic rings. The van der Waals surface area contributed by atoms with Crippen molar-refractivity contribution < 1.29 is 14.5 Å². The number of carbonyl (C=O) groups excluding carboxylic acids is 1. The number of rotatable bonds is 6. The molecule has 1 aromatic heterocycles. The van der Waals surface area contributed by atoms with Crippen LogP contribution in [0.2, 0.25) is 0 Å². The van der Waals surface area contributed by atoms with E-state index in [4.69, 9.17) is 0 Å². The fourth-order valence-corrected chi connectivity index (χ4v) is 1.96.